The average molecular weight is 248 g/mol. The molecule has 0 bridgehead atoms. The molecule has 16 heavy (non-hydrogen) atoms. The Morgan fingerprint density at radius 2 is 1.56 bits per heavy atom. The van der Waals surface area contributed by atoms with Crippen LogP contribution in [0.3, 0.4) is 0 Å². The fourth-order valence-electron chi connectivity index (χ4n) is 1.51. The zero-order valence-electron chi connectivity index (χ0n) is 10.9. The number of hydrogen-bond donors (Lipinski definition) is 0. The van der Waals surface area contributed by atoms with Gasteiger partial charge in [-0.05, 0) is 45.8 Å². The standard InChI is InChI=1S/C12H25N3.ClH/c1-4-9-15(10-5-2)11-7-8-14-12-13-6-3;/h4-11H2,1-3H3;1H. The lowest BCUT2D eigenvalue weighted by Gasteiger charge is -2.19. The van der Waals surface area contributed by atoms with Crippen LogP contribution in [0.1, 0.15) is 40.0 Å². The van der Waals surface area contributed by atoms with Crippen LogP contribution in [0, 0.1) is 0 Å². The summed E-state index contributed by atoms with van der Waals surface area (Å²) in [4.78, 5) is 10.5. The molecule has 0 saturated carbocycles. The van der Waals surface area contributed by atoms with E-state index in [9.17, 15) is 0 Å². The monoisotopic (exact) mass is 247 g/mol. The maximum Gasteiger partial charge on any atom is 0.0892 e. The van der Waals surface area contributed by atoms with Crippen molar-refractivity contribution in [2.75, 3.05) is 32.7 Å². The highest BCUT2D eigenvalue weighted by molar-refractivity contribution is 5.85. The molecule has 0 rings (SSSR count). The first-order valence-electron chi connectivity index (χ1n) is 6.15. The number of nitrogens with zero attached hydrogens (tertiary/aromatic N) is 3. The smallest absolute Gasteiger partial charge is 0.0892 e. The molecular formula is C12H26ClN3. The van der Waals surface area contributed by atoms with Gasteiger partial charge in [-0.3, -0.25) is 0 Å². The SMILES string of the molecule is CCCN(CCC)CCCN=C=NCC.Cl. The number of aliphatic imine (C=N–C) groups is 2. The van der Waals surface area contributed by atoms with E-state index in [-0.39, 0.29) is 12.4 Å². The van der Waals surface area contributed by atoms with Gasteiger partial charge in [-0.25, -0.2) is 9.98 Å². The van der Waals surface area contributed by atoms with Crippen LogP contribution < -0.4 is 0 Å². The molecule has 96 valence electrons. The Balaban J connectivity index is 0. The van der Waals surface area contributed by atoms with E-state index < -0.39 is 0 Å². The molecule has 0 aromatic rings. The predicted octanol–water partition coefficient (Wildman–Crippen LogP) is 3.11. The highest BCUT2D eigenvalue weighted by Crippen LogP contribution is 1.96. The van der Waals surface area contributed by atoms with Crippen molar-refractivity contribution in [3.05, 3.63) is 0 Å². The van der Waals surface area contributed by atoms with E-state index in [1.807, 2.05) is 6.92 Å². The summed E-state index contributed by atoms with van der Waals surface area (Å²) in [6, 6.07) is 2.70. The topological polar surface area (TPSA) is 28.0 Å². The Hall–Kier alpha value is -0.370. The first kappa shape index (κ1) is 18.0. The van der Waals surface area contributed by atoms with E-state index in [1.54, 1.807) is 0 Å². The van der Waals surface area contributed by atoms with E-state index in [0.717, 1.165) is 26.1 Å². The van der Waals surface area contributed by atoms with Gasteiger partial charge >= 0.3 is 0 Å². The van der Waals surface area contributed by atoms with Gasteiger partial charge in [0.2, 0.25) is 0 Å². The minimum absolute atomic E-state index is 0. The quantitative estimate of drug-likeness (QED) is 0.455. The Morgan fingerprint density at radius 1 is 0.938 bits per heavy atom. The lowest BCUT2D eigenvalue weighted by molar-refractivity contribution is 0.273. The summed E-state index contributed by atoms with van der Waals surface area (Å²) in [6.07, 6.45) is 3.59. The van der Waals surface area contributed by atoms with Gasteiger partial charge in [0.1, 0.15) is 0 Å². The van der Waals surface area contributed by atoms with Crippen molar-refractivity contribution in [1.82, 2.24) is 4.90 Å². The molecule has 4 heteroatoms. The molecule has 0 aromatic carbocycles. The van der Waals surface area contributed by atoms with Crippen LogP contribution in [0.15, 0.2) is 9.98 Å². The van der Waals surface area contributed by atoms with Crippen LogP contribution in [0.5, 0.6) is 0 Å². The van der Waals surface area contributed by atoms with Gasteiger partial charge in [-0.15, -0.1) is 12.4 Å². The third-order valence-corrected chi connectivity index (χ3v) is 2.12. The van der Waals surface area contributed by atoms with Crippen molar-refractivity contribution in [3.63, 3.8) is 0 Å². The van der Waals surface area contributed by atoms with Gasteiger partial charge in [0.05, 0.1) is 12.6 Å². The van der Waals surface area contributed by atoms with Crippen molar-refractivity contribution in [1.29, 1.82) is 0 Å². The van der Waals surface area contributed by atoms with Crippen molar-refractivity contribution >= 4 is 18.4 Å². The van der Waals surface area contributed by atoms with Gasteiger partial charge in [0.25, 0.3) is 0 Å². The predicted molar refractivity (Wildman–Crippen MR) is 74.2 cm³/mol. The van der Waals surface area contributed by atoms with Gasteiger partial charge in [-0.1, -0.05) is 13.8 Å². The first-order valence-corrected chi connectivity index (χ1v) is 6.15. The summed E-state index contributed by atoms with van der Waals surface area (Å²) in [5.41, 5.74) is 0. The van der Waals surface area contributed by atoms with E-state index in [4.69, 9.17) is 0 Å². The third kappa shape index (κ3) is 11.7. The van der Waals surface area contributed by atoms with Crippen LogP contribution in [0.25, 0.3) is 0 Å². The van der Waals surface area contributed by atoms with E-state index in [0.29, 0.717) is 0 Å². The van der Waals surface area contributed by atoms with Gasteiger partial charge in [-0.2, -0.15) is 0 Å². The summed E-state index contributed by atoms with van der Waals surface area (Å²) in [6.45, 7) is 11.7. The molecule has 0 atom stereocenters. The molecule has 0 aliphatic carbocycles. The minimum Gasteiger partial charge on any atom is -0.303 e. The molecule has 0 saturated heterocycles. The number of halogens is 1. The van der Waals surface area contributed by atoms with Crippen LogP contribution in [-0.4, -0.2) is 43.6 Å². The van der Waals surface area contributed by atoms with Crippen LogP contribution in [0.2, 0.25) is 0 Å². The number of hydrogen-bond acceptors (Lipinski definition) is 3. The highest BCUT2D eigenvalue weighted by atomic mass is 35.5. The third-order valence-electron chi connectivity index (χ3n) is 2.12. The lowest BCUT2D eigenvalue weighted by Crippen LogP contribution is -2.26. The lowest BCUT2D eigenvalue weighted by atomic mass is 10.3. The maximum atomic E-state index is 4.11. The van der Waals surface area contributed by atoms with E-state index in [2.05, 4.69) is 34.7 Å². The van der Waals surface area contributed by atoms with Gasteiger partial charge in [0.15, 0.2) is 0 Å². The summed E-state index contributed by atoms with van der Waals surface area (Å²) >= 11 is 0. The normalized spacial score (nSPS) is 9.50. The Morgan fingerprint density at radius 3 is 2.06 bits per heavy atom. The Bertz CT molecular complexity index is 183. The molecule has 0 spiro atoms. The summed E-state index contributed by atoms with van der Waals surface area (Å²) in [7, 11) is 0. The first-order chi connectivity index (χ1) is 7.35. The van der Waals surface area contributed by atoms with Crippen molar-refractivity contribution < 1.29 is 0 Å². The molecule has 0 heterocycles. The zero-order chi connectivity index (χ0) is 11.4. The fraction of sp³-hybridized carbons (Fsp3) is 0.917. The molecular weight excluding hydrogens is 222 g/mol. The molecule has 3 nitrogen and oxygen atoms in total. The molecule has 0 amide bonds. The van der Waals surface area contributed by atoms with Crippen LogP contribution >= 0.6 is 12.4 Å². The summed E-state index contributed by atoms with van der Waals surface area (Å²) in [5.74, 6) is 0. The van der Waals surface area contributed by atoms with Crippen molar-refractivity contribution in [3.8, 4) is 0 Å². The second-order valence-corrected chi connectivity index (χ2v) is 3.65. The van der Waals surface area contributed by atoms with E-state index >= 15 is 0 Å². The minimum atomic E-state index is 0. The van der Waals surface area contributed by atoms with Crippen molar-refractivity contribution in [2.24, 2.45) is 9.98 Å². The highest BCUT2D eigenvalue weighted by Gasteiger charge is 2.00. The summed E-state index contributed by atoms with van der Waals surface area (Å²) in [5, 5.41) is 0. The van der Waals surface area contributed by atoms with Gasteiger partial charge < -0.3 is 4.90 Å². The molecule has 0 aliphatic rings. The van der Waals surface area contributed by atoms with Crippen LogP contribution in [0.4, 0.5) is 0 Å². The fourth-order valence-corrected chi connectivity index (χ4v) is 1.51. The second kappa shape index (κ2) is 14.6. The Kier molecular flexibility index (Phi) is 16.5. The summed E-state index contributed by atoms with van der Waals surface area (Å²) < 4.78 is 0. The molecule has 0 aliphatic heterocycles. The molecule has 0 aromatic heterocycles. The Labute approximate surface area is 106 Å². The number of rotatable bonds is 9. The second-order valence-electron chi connectivity index (χ2n) is 3.65. The zero-order valence-corrected chi connectivity index (χ0v) is 11.7. The molecule has 0 N–H and O–H groups in total. The van der Waals surface area contributed by atoms with Gasteiger partial charge in [0, 0.05) is 6.54 Å². The maximum absolute atomic E-state index is 4.11. The largest absolute Gasteiger partial charge is 0.303 e. The molecule has 0 unspecified atom stereocenters. The molecule has 0 radical (unpaired) electrons. The molecule has 0 fully saturated rings. The van der Waals surface area contributed by atoms with E-state index in [1.165, 1.54) is 25.9 Å². The van der Waals surface area contributed by atoms with Crippen molar-refractivity contribution in [2.45, 2.75) is 40.0 Å². The average Bonchev–Trinajstić information content (AvgIpc) is 2.24. The van der Waals surface area contributed by atoms with Crippen LogP contribution in [-0.2, 0) is 0 Å².